The van der Waals surface area contributed by atoms with Crippen LogP contribution in [0, 0.1) is 17.5 Å². The maximum absolute atomic E-state index is 13.0. The number of rotatable bonds is 5. The van der Waals surface area contributed by atoms with E-state index in [0.29, 0.717) is 18.0 Å². The van der Waals surface area contributed by atoms with Gasteiger partial charge in [-0.1, -0.05) is 0 Å². The van der Waals surface area contributed by atoms with E-state index in [1.54, 1.807) is 18.3 Å². The van der Waals surface area contributed by atoms with E-state index in [1.807, 2.05) is 0 Å². The zero-order valence-electron chi connectivity index (χ0n) is 10.8. The molecule has 0 fully saturated rings. The van der Waals surface area contributed by atoms with Gasteiger partial charge in [-0.3, -0.25) is 0 Å². The lowest BCUT2D eigenvalue weighted by Crippen LogP contribution is -2.13. The third-order valence-corrected chi connectivity index (χ3v) is 2.71. The summed E-state index contributed by atoms with van der Waals surface area (Å²) in [4.78, 5) is 3.97. The molecule has 1 aromatic heterocycles. The first kappa shape index (κ1) is 14.3. The van der Waals surface area contributed by atoms with Crippen LogP contribution in [-0.4, -0.2) is 12.1 Å². The fraction of sp³-hybridized carbons (Fsp3) is 0.214. The molecule has 0 amide bonds. The molecule has 1 N–H and O–H groups in total. The fourth-order valence-electron chi connectivity index (χ4n) is 1.73. The van der Waals surface area contributed by atoms with Crippen LogP contribution in [-0.2, 0) is 13.1 Å². The van der Waals surface area contributed by atoms with Gasteiger partial charge in [-0.25, -0.2) is 18.2 Å². The second-order valence-electron chi connectivity index (χ2n) is 4.18. The van der Waals surface area contributed by atoms with Gasteiger partial charge in [0.05, 0.1) is 7.11 Å². The summed E-state index contributed by atoms with van der Waals surface area (Å²) in [6, 6.07) is 5.48. The lowest BCUT2D eigenvalue weighted by molar-refractivity contribution is 0.397. The van der Waals surface area contributed by atoms with Gasteiger partial charge in [-0.05, 0) is 29.3 Å². The molecule has 0 aliphatic rings. The highest BCUT2D eigenvalue weighted by atomic mass is 19.2. The molecule has 0 radical (unpaired) electrons. The molecule has 0 bridgehead atoms. The van der Waals surface area contributed by atoms with Gasteiger partial charge >= 0.3 is 0 Å². The number of nitrogens with one attached hydrogen (secondary N) is 1. The first-order chi connectivity index (χ1) is 9.60. The third kappa shape index (κ3) is 3.48. The minimum atomic E-state index is -1.45. The van der Waals surface area contributed by atoms with Crippen LogP contribution in [0.25, 0.3) is 0 Å². The van der Waals surface area contributed by atoms with Crippen molar-refractivity contribution in [2.24, 2.45) is 0 Å². The number of hydrogen-bond acceptors (Lipinski definition) is 3. The highest BCUT2D eigenvalue weighted by molar-refractivity contribution is 5.21. The van der Waals surface area contributed by atoms with Crippen molar-refractivity contribution in [3.63, 3.8) is 0 Å². The van der Waals surface area contributed by atoms with E-state index in [9.17, 15) is 13.2 Å². The van der Waals surface area contributed by atoms with Crippen molar-refractivity contribution in [2.75, 3.05) is 7.11 Å². The Morgan fingerprint density at radius 2 is 1.70 bits per heavy atom. The Balaban J connectivity index is 1.95. The lowest BCUT2D eigenvalue weighted by atomic mass is 10.2. The topological polar surface area (TPSA) is 34.1 Å². The van der Waals surface area contributed by atoms with Crippen LogP contribution in [0.4, 0.5) is 13.2 Å². The van der Waals surface area contributed by atoms with E-state index >= 15 is 0 Å². The van der Waals surface area contributed by atoms with Crippen molar-refractivity contribution in [1.82, 2.24) is 10.3 Å². The van der Waals surface area contributed by atoms with Crippen LogP contribution >= 0.6 is 0 Å². The molecule has 0 spiro atoms. The number of halogens is 3. The molecule has 6 heteroatoms. The summed E-state index contributed by atoms with van der Waals surface area (Å²) in [7, 11) is 1.52. The maximum atomic E-state index is 13.0. The van der Waals surface area contributed by atoms with Crippen LogP contribution in [0.15, 0.2) is 30.5 Å². The van der Waals surface area contributed by atoms with Crippen molar-refractivity contribution in [1.29, 1.82) is 0 Å². The Kier molecular flexibility index (Phi) is 4.57. The van der Waals surface area contributed by atoms with Gasteiger partial charge in [0.2, 0.25) is 5.88 Å². The fourth-order valence-corrected chi connectivity index (χ4v) is 1.73. The second kappa shape index (κ2) is 6.38. The predicted molar refractivity (Wildman–Crippen MR) is 67.6 cm³/mol. The Morgan fingerprint density at radius 3 is 2.35 bits per heavy atom. The average molecular weight is 282 g/mol. The number of hydrogen-bond donors (Lipinski definition) is 1. The maximum Gasteiger partial charge on any atom is 0.213 e. The summed E-state index contributed by atoms with van der Waals surface area (Å²) in [5, 5.41) is 3.00. The zero-order chi connectivity index (χ0) is 14.5. The van der Waals surface area contributed by atoms with E-state index in [2.05, 4.69) is 10.3 Å². The summed E-state index contributed by atoms with van der Waals surface area (Å²) < 4.78 is 43.8. The number of methoxy groups -OCH3 is 1. The van der Waals surface area contributed by atoms with Crippen molar-refractivity contribution in [2.45, 2.75) is 13.1 Å². The van der Waals surface area contributed by atoms with Crippen LogP contribution in [0.3, 0.4) is 0 Å². The van der Waals surface area contributed by atoms with Gasteiger partial charge in [0.25, 0.3) is 0 Å². The monoisotopic (exact) mass is 282 g/mol. The second-order valence-corrected chi connectivity index (χ2v) is 4.18. The lowest BCUT2D eigenvalue weighted by Gasteiger charge is -2.07. The first-order valence-electron chi connectivity index (χ1n) is 5.93. The standard InChI is InChI=1S/C14H13F3N2O/c1-20-13-6-9(2-3-19-13)7-18-8-10-4-11(15)14(17)12(16)5-10/h2-6,18H,7-8H2,1H3. The number of aromatic nitrogens is 1. The molecule has 0 atom stereocenters. The molecule has 0 saturated carbocycles. The molecule has 3 nitrogen and oxygen atoms in total. The summed E-state index contributed by atoms with van der Waals surface area (Å²) in [5.41, 5.74) is 1.25. The normalized spacial score (nSPS) is 10.6. The third-order valence-electron chi connectivity index (χ3n) is 2.71. The smallest absolute Gasteiger partial charge is 0.213 e. The van der Waals surface area contributed by atoms with Crippen molar-refractivity contribution in [3.05, 3.63) is 59.0 Å². The van der Waals surface area contributed by atoms with Gasteiger partial charge in [0.15, 0.2) is 17.5 Å². The molecule has 20 heavy (non-hydrogen) atoms. The van der Waals surface area contributed by atoms with E-state index < -0.39 is 17.5 Å². The van der Waals surface area contributed by atoms with Gasteiger partial charge in [0.1, 0.15) is 0 Å². The molecule has 2 rings (SSSR count). The summed E-state index contributed by atoms with van der Waals surface area (Å²) in [6.45, 7) is 0.693. The van der Waals surface area contributed by atoms with E-state index in [4.69, 9.17) is 4.74 Å². The molecule has 0 aliphatic carbocycles. The van der Waals surface area contributed by atoms with Crippen molar-refractivity contribution < 1.29 is 17.9 Å². The molecule has 0 saturated heterocycles. The SMILES string of the molecule is COc1cc(CNCc2cc(F)c(F)c(F)c2)ccn1. The molecule has 0 unspecified atom stereocenters. The molecular formula is C14H13F3N2O. The van der Waals surface area contributed by atoms with Gasteiger partial charge in [-0.2, -0.15) is 0 Å². The molecule has 106 valence electrons. The summed E-state index contributed by atoms with van der Waals surface area (Å²) in [5.74, 6) is -3.34. The average Bonchev–Trinajstić information content (AvgIpc) is 2.45. The Hall–Kier alpha value is -2.08. The minimum absolute atomic E-state index is 0.221. The Bertz CT molecular complexity index is 582. The van der Waals surface area contributed by atoms with Gasteiger partial charge in [0, 0.05) is 25.4 Å². The van der Waals surface area contributed by atoms with Gasteiger partial charge in [-0.15, -0.1) is 0 Å². The first-order valence-corrected chi connectivity index (χ1v) is 5.93. The van der Waals surface area contributed by atoms with E-state index in [-0.39, 0.29) is 6.54 Å². The predicted octanol–water partition coefficient (Wildman–Crippen LogP) is 2.80. The number of benzene rings is 1. The molecule has 0 aliphatic heterocycles. The minimum Gasteiger partial charge on any atom is -0.481 e. The number of ether oxygens (including phenoxy) is 1. The molecule has 1 heterocycles. The highest BCUT2D eigenvalue weighted by Crippen LogP contribution is 2.14. The van der Waals surface area contributed by atoms with E-state index in [1.165, 1.54) is 7.11 Å². The van der Waals surface area contributed by atoms with Crippen LogP contribution in [0.1, 0.15) is 11.1 Å². The molecular weight excluding hydrogens is 269 g/mol. The van der Waals surface area contributed by atoms with E-state index in [0.717, 1.165) is 17.7 Å². The molecule has 1 aromatic carbocycles. The van der Waals surface area contributed by atoms with Crippen LogP contribution in [0.5, 0.6) is 5.88 Å². The largest absolute Gasteiger partial charge is 0.481 e. The van der Waals surface area contributed by atoms with Crippen molar-refractivity contribution in [3.8, 4) is 5.88 Å². The van der Waals surface area contributed by atoms with Crippen LogP contribution < -0.4 is 10.1 Å². The summed E-state index contributed by atoms with van der Waals surface area (Å²) in [6.07, 6.45) is 1.60. The van der Waals surface area contributed by atoms with Gasteiger partial charge < -0.3 is 10.1 Å². The zero-order valence-corrected chi connectivity index (χ0v) is 10.8. The Labute approximate surface area is 114 Å². The number of nitrogens with zero attached hydrogens (tertiary/aromatic N) is 1. The molecule has 2 aromatic rings. The number of pyridine rings is 1. The van der Waals surface area contributed by atoms with Crippen molar-refractivity contribution >= 4 is 0 Å². The quantitative estimate of drug-likeness (QED) is 0.856. The summed E-state index contributed by atoms with van der Waals surface area (Å²) >= 11 is 0. The van der Waals surface area contributed by atoms with Crippen LogP contribution in [0.2, 0.25) is 0 Å². The Morgan fingerprint density at radius 1 is 1.05 bits per heavy atom. The highest BCUT2D eigenvalue weighted by Gasteiger charge is 2.10.